The SMILES string of the molecule is CCCCCCCCCCCCNc1ccccc1-c1ccc2cc(-c3ccccc3C)ccc2c1.CCCCCCCCCCCCn1c2ccccc2c2cc3cc4c(cc3cc21)c1ccccc1n4CCCCCCCCCCCC. The molecule has 3 nitrogen and oxygen atoms in total. The van der Waals surface area contributed by atoms with E-state index in [-0.39, 0.29) is 0 Å². The second-order valence-electron chi connectivity index (χ2n) is 25.0. The molecule has 0 radical (unpaired) electrons. The first-order chi connectivity index (χ1) is 41.6. The summed E-state index contributed by atoms with van der Waals surface area (Å²) >= 11 is 0. The van der Waals surface area contributed by atoms with Crippen molar-refractivity contribution in [1.82, 2.24) is 9.13 Å². The van der Waals surface area contributed by atoms with Gasteiger partial charge in [0, 0.05) is 74.5 Å². The van der Waals surface area contributed by atoms with E-state index in [1.54, 1.807) is 0 Å². The van der Waals surface area contributed by atoms with Gasteiger partial charge in [0.05, 0.1) is 0 Å². The highest BCUT2D eigenvalue weighted by atomic mass is 15.0. The van der Waals surface area contributed by atoms with Gasteiger partial charge >= 0.3 is 0 Å². The van der Waals surface area contributed by atoms with Crippen LogP contribution in [0, 0.1) is 6.92 Å². The molecule has 0 aliphatic rings. The van der Waals surface area contributed by atoms with E-state index in [4.69, 9.17) is 0 Å². The van der Waals surface area contributed by atoms with Gasteiger partial charge in [-0.25, -0.2) is 0 Å². The Morgan fingerprint density at radius 2 is 0.655 bits per heavy atom. The van der Waals surface area contributed by atoms with Gasteiger partial charge < -0.3 is 14.5 Å². The van der Waals surface area contributed by atoms with Gasteiger partial charge in [0.15, 0.2) is 0 Å². The number of hydrogen-bond acceptors (Lipinski definition) is 1. The van der Waals surface area contributed by atoms with Crippen molar-refractivity contribution in [3.8, 4) is 22.3 Å². The lowest BCUT2D eigenvalue weighted by atomic mass is 9.95. The van der Waals surface area contributed by atoms with Crippen molar-refractivity contribution in [2.75, 3.05) is 11.9 Å². The number of nitrogens with zero attached hydrogens (tertiary/aromatic N) is 2. The third-order valence-corrected chi connectivity index (χ3v) is 18.5. The first-order valence-electron chi connectivity index (χ1n) is 34.3. The molecule has 0 unspecified atom stereocenters. The van der Waals surface area contributed by atoms with E-state index in [9.17, 15) is 0 Å². The molecular weight excluding hydrogens is 1010 g/mol. The highest BCUT2D eigenvalue weighted by Gasteiger charge is 2.16. The number of fused-ring (bicyclic) bond motifs is 8. The molecular formula is C81H105N3. The molecule has 10 aromatic rings. The summed E-state index contributed by atoms with van der Waals surface area (Å²) in [4.78, 5) is 0. The van der Waals surface area contributed by atoms with Crippen molar-refractivity contribution in [3.63, 3.8) is 0 Å². The Bertz CT molecular complexity index is 3410. The quantitative estimate of drug-likeness (QED) is 0.0389. The smallest absolute Gasteiger partial charge is 0.0497 e. The highest BCUT2D eigenvalue weighted by Crippen LogP contribution is 2.38. The molecule has 0 saturated heterocycles. The standard InChI is InChI=1S/C46H62N2.C35H43N/c1-3-5-7-9-11-13-15-17-19-25-31-47-43-29-23-21-27-39(43)41-33-38-36-46-42(34-37(38)35-45(41)47)40-28-22-24-30-44(40)48(46)32-26-20-18-16-14-12-10-8-6-4-2;1-3-4-5-6-7-8-9-10-11-16-25-36-35-20-15-14-19-34(35)32-24-22-29-26-31(23-21-30(29)27-32)33-18-13-12-17-28(33)2/h21-24,27-30,33-36H,3-20,25-26,31-32H2,1-2H3;12-15,17-24,26-27,36H,3-11,16,25H2,1-2H3. The number of benzene rings is 8. The predicted octanol–water partition coefficient (Wildman–Crippen LogP) is 25.7. The summed E-state index contributed by atoms with van der Waals surface area (Å²) in [5.41, 5.74) is 13.3. The van der Waals surface area contributed by atoms with Crippen molar-refractivity contribution >= 4 is 70.8 Å². The molecule has 2 aromatic heterocycles. The monoisotopic (exact) mass is 1120 g/mol. The second kappa shape index (κ2) is 34.0. The molecule has 8 aromatic carbocycles. The molecule has 0 aliphatic heterocycles. The number of rotatable bonds is 36. The van der Waals surface area contributed by atoms with Crippen molar-refractivity contribution in [1.29, 1.82) is 0 Å². The average molecular weight is 1120 g/mol. The Hall–Kier alpha value is -6.32. The Morgan fingerprint density at radius 1 is 0.286 bits per heavy atom. The molecule has 2 heterocycles. The van der Waals surface area contributed by atoms with Crippen LogP contribution in [0.2, 0.25) is 0 Å². The Balaban J connectivity index is 0.000000210. The normalized spacial score (nSPS) is 11.7. The van der Waals surface area contributed by atoms with Crippen LogP contribution in [0.15, 0.2) is 158 Å². The number of aromatic nitrogens is 2. The van der Waals surface area contributed by atoms with E-state index in [2.05, 4.69) is 200 Å². The van der Waals surface area contributed by atoms with Crippen LogP contribution in [0.25, 0.3) is 87.4 Å². The first kappa shape index (κ1) is 62.2. The fourth-order valence-corrected chi connectivity index (χ4v) is 13.5. The van der Waals surface area contributed by atoms with Crippen molar-refractivity contribution in [3.05, 3.63) is 163 Å². The molecule has 444 valence electrons. The molecule has 0 aliphatic carbocycles. The average Bonchev–Trinajstić information content (AvgIpc) is 1.83. The molecule has 0 bridgehead atoms. The minimum Gasteiger partial charge on any atom is -0.385 e. The van der Waals surface area contributed by atoms with Gasteiger partial charge in [-0.15, -0.1) is 0 Å². The van der Waals surface area contributed by atoms with E-state index in [0.29, 0.717) is 0 Å². The predicted molar refractivity (Wildman–Crippen MR) is 374 cm³/mol. The number of hydrogen-bond donors (Lipinski definition) is 1. The van der Waals surface area contributed by atoms with Crippen LogP contribution in [0.5, 0.6) is 0 Å². The minimum absolute atomic E-state index is 1.04. The summed E-state index contributed by atoms with van der Waals surface area (Å²) < 4.78 is 5.24. The molecule has 3 heteroatoms. The van der Waals surface area contributed by atoms with E-state index < -0.39 is 0 Å². The molecule has 0 saturated carbocycles. The first-order valence-corrected chi connectivity index (χ1v) is 34.3. The summed E-state index contributed by atoms with van der Waals surface area (Å²) in [6, 6.07) is 59.2. The zero-order valence-electron chi connectivity index (χ0n) is 52.7. The fourth-order valence-electron chi connectivity index (χ4n) is 13.5. The minimum atomic E-state index is 1.04. The maximum atomic E-state index is 3.72. The summed E-state index contributed by atoms with van der Waals surface area (Å²) in [5, 5.41) is 14.6. The lowest BCUT2D eigenvalue weighted by Gasteiger charge is -2.13. The largest absolute Gasteiger partial charge is 0.385 e. The number of anilines is 1. The van der Waals surface area contributed by atoms with Gasteiger partial charge in [-0.1, -0.05) is 297 Å². The van der Waals surface area contributed by atoms with E-state index in [1.807, 2.05) is 0 Å². The van der Waals surface area contributed by atoms with Crippen LogP contribution in [-0.2, 0) is 13.1 Å². The molecule has 0 spiro atoms. The summed E-state index contributed by atoms with van der Waals surface area (Å²) in [6.45, 7) is 12.3. The number of unbranched alkanes of at least 4 members (excludes halogenated alkanes) is 27. The summed E-state index contributed by atoms with van der Waals surface area (Å²) in [6.07, 6.45) is 41.3. The van der Waals surface area contributed by atoms with Crippen molar-refractivity contribution < 1.29 is 0 Å². The van der Waals surface area contributed by atoms with E-state index in [0.717, 1.165) is 19.6 Å². The van der Waals surface area contributed by atoms with Gasteiger partial charge in [-0.3, -0.25) is 0 Å². The van der Waals surface area contributed by atoms with Gasteiger partial charge in [-0.2, -0.15) is 0 Å². The van der Waals surface area contributed by atoms with Crippen molar-refractivity contribution in [2.45, 2.75) is 233 Å². The maximum Gasteiger partial charge on any atom is 0.0497 e. The van der Waals surface area contributed by atoms with Crippen LogP contribution in [-0.4, -0.2) is 15.7 Å². The Labute approximate surface area is 508 Å². The topological polar surface area (TPSA) is 21.9 Å². The third kappa shape index (κ3) is 17.2. The lowest BCUT2D eigenvalue weighted by molar-refractivity contribution is 0.541. The molecule has 0 amide bonds. The van der Waals surface area contributed by atoms with Gasteiger partial charge in [0.2, 0.25) is 0 Å². The second-order valence-corrected chi connectivity index (χ2v) is 25.0. The number of nitrogens with one attached hydrogen (secondary N) is 1. The summed E-state index contributed by atoms with van der Waals surface area (Å²) in [5.74, 6) is 0. The Kier molecular flexibility index (Phi) is 25.2. The lowest BCUT2D eigenvalue weighted by Crippen LogP contribution is -2.02. The molecule has 0 atom stereocenters. The molecule has 84 heavy (non-hydrogen) atoms. The van der Waals surface area contributed by atoms with E-state index in [1.165, 1.54) is 291 Å². The zero-order chi connectivity index (χ0) is 58.0. The van der Waals surface area contributed by atoms with E-state index >= 15 is 0 Å². The fraction of sp³-hybridized carbons (Fsp3) is 0.457. The van der Waals surface area contributed by atoms with Crippen LogP contribution < -0.4 is 5.32 Å². The van der Waals surface area contributed by atoms with Crippen LogP contribution in [0.3, 0.4) is 0 Å². The van der Waals surface area contributed by atoms with Crippen LogP contribution in [0.1, 0.15) is 219 Å². The van der Waals surface area contributed by atoms with Crippen LogP contribution >= 0.6 is 0 Å². The van der Waals surface area contributed by atoms with Gasteiger partial charge in [0.1, 0.15) is 0 Å². The molecule has 0 fully saturated rings. The van der Waals surface area contributed by atoms with Crippen LogP contribution in [0.4, 0.5) is 5.69 Å². The third-order valence-electron chi connectivity index (χ3n) is 18.5. The Morgan fingerprint density at radius 3 is 1.11 bits per heavy atom. The molecule has 10 rings (SSSR count). The van der Waals surface area contributed by atoms with Gasteiger partial charge in [0.25, 0.3) is 0 Å². The van der Waals surface area contributed by atoms with Gasteiger partial charge in [-0.05, 0) is 125 Å². The highest BCUT2D eigenvalue weighted by molar-refractivity contribution is 6.17. The van der Waals surface area contributed by atoms with Crippen molar-refractivity contribution in [2.24, 2.45) is 0 Å². The zero-order valence-corrected chi connectivity index (χ0v) is 52.7. The maximum absolute atomic E-state index is 3.72. The summed E-state index contributed by atoms with van der Waals surface area (Å²) in [7, 11) is 0. The number of para-hydroxylation sites is 3. The molecule has 1 N–H and O–H groups in total. The number of aryl methyl sites for hydroxylation is 3.